The van der Waals surface area contributed by atoms with Gasteiger partial charge in [0.25, 0.3) is 0 Å². The van der Waals surface area contributed by atoms with Crippen molar-refractivity contribution in [1.82, 2.24) is 24.8 Å². The summed E-state index contributed by atoms with van der Waals surface area (Å²) < 4.78 is 15.2. The third-order valence-corrected chi connectivity index (χ3v) is 6.36. The summed E-state index contributed by atoms with van der Waals surface area (Å²) in [5, 5.41) is 7.87. The number of benzene rings is 1. The van der Waals surface area contributed by atoms with E-state index in [0.717, 1.165) is 66.2 Å². The second-order valence-corrected chi connectivity index (χ2v) is 8.71. The molecule has 3 heterocycles. The Morgan fingerprint density at radius 2 is 2.03 bits per heavy atom. The molecular formula is C25H32FN5O. The van der Waals surface area contributed by atoms with E-state index in [4.69, 9.17) is 10.1 Å². The number of nitrogens with one attached hydrogen (secondary N) is 1. The topological polar surface area (TPSA) is 62.5 Å². The van der Waals surface area contributed by atoms with E-state index in [1.54, 1.807) is 0 Å². The highest BCUT2D eigenvalue weighted by Gasteiger charge is 2.29. The molecule has 1 aliphatic rings. The summed E-state index contributed by atoms with van der Waals surface area (Å²) in [5.41, 5.74) is 6.08. The van der Waals surface area contributed by atoms with Gasteiger partial charge in [-0.1, -0.05) is 19.1 Å². The van der Waals surface area contributed by atoms with Crippen LogP contribution in [0.3, 0.4) is 0 Å². The van der Waals surface area contributed by atoms with E-state index < -0.39 is 0 Å². The number of aromatic nitrogens is 3. The van der Waals surface area contributed by atoms with E-state index in [2.05, 4.69) is 23.2 Å². The maximum atomic E-state index is 13.3. The van der Waals surface area contributed by atoms with Crippen molar-refractivity contribution in [2.45, 2.75) is 65.5 Å². The summed E-state index contributed by atoms with van der Waals surface area (Å²) in [6, 6.07) is 9.06. The fourth-order valence-corrected chi connectivity index (χ4v) is 4.64. The molecule has 0 saturated carbocycles. The zero-order valence-electron chi connectivity index (χ0n) is 19.2. The van der Waals surface area contributed by atoms with E-state index >= 15 is 0 Å². The molecule has 170 valence electrons. The number of rotatable bonds is 8. The lowest BCUT2D eigenvalue weighted by atomic mass is 10.1. The van der Waals surface area contributed by atoms with Crippen LogP contribution in [0.5, 0.6) is 0 Å². The number of likely N-dealkylation sites (tertiary alicyclic amines) is 1. The summed E-state index contributed by atoms with van der Waals surface area (Å²) in [6.45, 7) is 8.61. The SMILES string of the molecule is CCCNC(=O)CCc1c(C)nc2cc([C@@H]3CCCN3Cc3ccc(F)cc3)nn2c1C. The van der Waals surface area contributed by atoms with Gasteiger partial charge in [-0.05, 0) is 69.3 Å². The molecular weight excluding hydrogens is 405 g/mol. The summed E-state index contributed by atoms with van der Waals surface area (Å²) in [6.07, 6.45) is 4.21. The Balaban J connectivity index is 1.54. The standard InChI is InChI=1S/C25H32FN5O/c1-4-13-27-25(32)12-11-21-17(2)28-24-15-22(29-31(24)18(21)3)23-6-5-14-30(23)16-19-7-9-20(26)10-8-19/h7-10,15,23H,4-6,11-14,16H2,1-3H3,(H,27,32)/t23-/m0/s1. The number of carbonyl (C=O) groups is 1. The first-order valence-corrected chi connectivity index (χ1v) is 11.6. The number of carbonyl (C=O) groups excluding carboxylic acids is 1. The molecule has 0 spiro atoms. The van der Waals surface area contributed by atoms with Gasteiger partial charge in [-0.2, -0.15) is 5.10 Å². The van der Waals surface area contributed by atoms with Crippen LogP contribution in [0.1, 0.15) is 66.9 Å². The largest absolute Gasteiger partial charge is 0.356 e. The summed E-state index contributed by atoms with van der Waals surface area (Å²) in [4.78, 5) is 19.3. The van der Waals surface area contributed by atoms with Crippen LogP contribution in [0.15, 0.2) is 30.3 Å². The van der Waals surface area contributed by atoms with Crippen molar-refractivity contribution in [3.05, 3.63) is 64.4 Å². The molecule has 1 N–H and O–H groups in total. The minimum absolute atomic E-state index is 0.0780. The van der Waals surface area contributed by atoms with Gasteiger partial charge in [0.2, 0.25) is 5.91 Å². The van der Waals surface area contributed by atoms with E-state index in [-0.39, 0.29) is 17.8 Å². The van der Waals surface area contributed by atoms with Crippen molar-refractivity contribution in [3.8, 4) is 0 Å². The fourth-order valence-electron chi connectivity index (χ4n) is 4.64. The quantitative estimate of drug-likeness (QED) is 0.571. The molecule has 0 radical (unpaired) electrons. The van der Waals surface area contributed by atoms with Gasteiger partial charge < -0.3 is 5.32 Å². The van der Waals surface area contributed by atoms with E-state index in [1.807, 2.05) is 30.5 Å². The molecule has 0 unspecified atom stereocenters. The molecule has 7 heteroatoms. The fraction of sp³-hybridized carbons (Fsp3) is 0.480. The first kappa shape index (κ1) is 22.4. The number of nitrogens with zero attached hydrogens (tertiary/aromatic N) is 4. The molecule has 1 amide bonds. The lowest BCUT2D eigenvalue weighted by Gasteiger charge is -2.23. The lowest BCUT2D eigenvalue weighted by molar-refractivity contribution is -0.121. The summed E-state index contributed by atoms with van der Waals surface area (Å²) in [5.74, 6) is -0.128. The molecule has 1 aliphatic heterocycles. The van der Waals surface area contributed by atoms with Crippen molar-refractivity contribution >= 4 is 11.6 Å². The summed E-state index contributed by atoms with van der Waals surface area (Å²) in [7, 11) is 0. The van der Waals surface area contributed by atoms with Crippen LogP contribution in [0.2, 0.25) is 0 Å². The number of hydrogen-bond acceptors (Lipinski definition) is 4. The smallest absolute Gasteiger partial charge is 0.220 e. The Labute approximate surface area is 188 Å². The number of fused-ring (bicyclic) bond motifs is 1. The number of hydrogen-bond donors (Lipinski definition) is 1. The number of halogens is 1. The van der Waals surface area contributed by atoms with Crippen LogP contribution < -0.4 is 5.32 Å². The Morgan fingerprint density at radius 3 is 2.78 bits per heavy atom. The molecule has 1 saturated heterocycles. The maximum absolute atomic E-state index is 13.3. The second-order valence-electron chi connectivity index (χ2n) is 8.71. The number of aryl methyl sites for hydroxylation is 2. The number of amides is 1. The molecule has 3 aromatic rings. The zero-order chi connectivity index (χ0) is 22.7. The predicted molar refractivity (Wildman–Crippen MR) is 123 cm³/mol. The lowest BCUT2D eigenvalue weighted by Crippen LogP contribution is -2.24. The highest BCUT2D eigenvalue weighted by molar-refractivity contribution is 5.76. The van der Waals surface area contributed by atoms with Crippen molar-refractivity contribution in [1.29, 1.82) is 0 Å². The first-order valence-electron chi connectivity index (χ1n) is 11.6. The second kappa shape index (κ2) is 9.77. The van der Waals surface area contributed by atoms with Gasteiger partial charge in [0.05, 0.1) is 11.7 Å². The molecule has 32 heavy (non-hydrogen) atoms. The van der Waals surface area contributed by atoms with Crippen LogP contribution >= 0.6 is 0 Å². The van der Waals surface area contributed by atoms with Crippen LogP contribution in [-0.4, -0.2) is 38.5 Å². The molecule has 1 atom stereocenters. The van der Waals surface area contributed by atoms with E-state index in [0.29, 0.717) is 19.4 Å². The molecule has 0 aliphatic carbocycles. The average molecular weight is 438 g/mol. The van der Waals surface area contributed by atoms with E-state index in [9.17, 15) is 9.18 Å². The third-order valence-electron chi connectivity index (χ3n) is 6.36. The van der Waals surface area contributed by atoms with Crippen LogP contribution in [-0.2, 0) is 17.8 Å². The Bertz CT molecular complexity index is 1090. The van der Waals surface area contributed by atoms with Gasteiger partial charge in [-0.15, -0.1) is 0 Å². The highest BCUT2D eigenvalue weighted by atomic mass is 19.1. The van der Waals surface area contributed by atoms with Crippen LogP contribution in [0, 0.1) is 19.7 Å². The van der Waals surface area contributed by atoms with Gasteiger partial charge in [0.15, 0.2) is 5.65 Å². The molecule has 4 rings (SSSR count). The van der Waals surface area contributed by atoms with E-state index in [1.165, 1.54) is 12.1 Å². The van der Waals surface area contributed by atoms with Crippen LogP contribution in [0.4, 0.5) is 4.39 Å². The summed E-state index contributed by atoms with van der Waals surface area (Å²) >= 11 is 0. The predicted octanol–water partition coefficient (Wildman–Crippen LogP) is 4.28. The molecule has 1 aromatic carbocycles. The molecule has 1 fully saturated rings. The minimum atomic E-state index is -0.206. The van der Waals surface area contributed by atoms with Gasteiger partial charge in [0.1, 0.15) is 5.82 Å². The van der Waals surface area contributed by atoms with Crippen molar-refractivity contribution in [2.75, 3.05) is 13.1 Å². The molecule has 6 nitrogen and oxygen atoms in total. The van der Waals surface area contributed by atoms with Crippen molar-refractivity contribution in [3.63, 3.8) is 0 Å². The van der Waals surface area contributed by atoms with Gasteiger partial charge >= 0.3 is 0 Å². The third kappa shape index (κ3) is 4.83. The zero-order valence-corrected chi connectivity index (χ0v) is 19.2. The monoisotopic (exact) mass is 437 g/mol. The van der Waals surface area contributed by atoms with Crippen molar-refractivity contribution in [2.24, 2.45) is 0 Å². The van der Waals surface area contributed by atoms with Crippen LogP contribution in [0.25, 0.3) is 5.65 Å². The average Bonchev–Trinajstić information content (AvgIpc) is 3.40. The minimum Gasteiger partial charge on any atom is -0.356 e. The molecule has 0 bridgehead atoms. The van der Waals surface area contributed by atoms with Gasteiger partial charge in [-0.3, -0.25) is 9.69 Å². The Morgan fingerprint density at radius 1 is 1.25 bits per heavy atom. The Hall–Kier alpha value is -2.80. The van der Waals surface area contributed by atoms with Gasteiger partial charge in [0, 0.05) is 37.0 Å². The Kier molecular flexibility index (Phi) is 6.84. The molecule has 2 aromatic heterocycles. The maximum Gasteiger partial charge on any atom is 0.220 e. The highest BCUT2D eigenvalue weighted by Crippen LogP contribution is 2.33. The van der Waals surface area contributed by atoms with Gasteiger partial charge in [-0.25, -0.2) is 13.9 Å². The normalized spacial score (nSPS) is 16.7. The van der Waals surface area contributed by atoms with Crippen molar-refractivity contribution < 1.29 is 9.18 Å². The first-order chi connectivity index (χ1) is 15.5.